The summed E-state index contributed by atoms with van der Waals surface area (Å²) in [5, 5.41) is 0. The first-order valence-electron chi connectivity index (χ1n) is 7.02. The third-order valence-corrected chi connectivity index (χ3v) is 4.11. The molecule has 1 saturated heterocycles. The van der Waals surface area contributed by atoms with Gasteiger partial charge in [0.25, 0.3) is 0 Å². The van der Waals surface area contributed by atoms with Gasteiger partial charge in [-0.05, 0) is 29.8 Å². The molecule has 3 heteroatoms. The molecule has 1 fully saturated rings. The van der Waals surface area contributed by atoms with Crippen molar-refractivity contribution in [2.45, 2.75) is 18.5 Å². The Kier molecular flexibility index (Phi) is 3.35. The van der Waals surface area contributed by atoms with Crippen LogP contribution in [0.3, 0.4) is 0 Å². The lowest BCUT2D eigenvalue weighted by Crippen LogP contribution is -2.40. The van der Waals surface area contributed by atoms with Crippen LogP contribution in [0.5, 0.6) is 0 Å². The van der Waals surface area contributed by atoms with E-state index in [2.05, 4.69) is 4.90 Å². The molecule has 2 aromatic carbocycles. The van der Waals surface area contributed by atoms with Crippen molar-refractivity contribution in [2.24, 2.45) is 0 Å². The number of nitrogens with two attached hydrogens (primary N) is 1. The van der Waals surface area contributed by atoms with E-state index in [0.717, 1.165) is 30.0 Å². The minimum Gasteiger partial charge on any atom is -0.399 e. The normalized spacial score (nSPS) is 17.9. The van der Waals surface area contributed by atoms with Gasteiger partial charge in [-0.15, -0.1) is 0 Å². The Morgan fingerprint density at radius 1 is 0.900 bits per heavy atom. The van der Waals surface area contributed by atoms with Crippen molar-refractivity contribution in [3.8, 4) is 0 Å². The molecule has 0 aliphatic carbocycles. The number of anilines is 2. The maximum absolute atomic E-state index is 15.0. The summed E-state index contributed by atoms with van der Waals surface area (Å²) in [5.41, 5.74) is 7.19. The molecule has 1 heterocycles. The Hall–Kier alpha value is -2.03. The average molecular weight is 270 g/mol. The van der Waals surface area contributed by atoms with Crippen molar-refractivity contribution in [3.05, 3.63) is 60.2 Å². The predicted octanol–water partition coefficient (Wildman–Crippen LogP) is 3.73. The van der Waals surface area contributed by atoms with E-state index in [9.17, 15) is 0 Å². The van der Waals surface area contributed by atoms with Crippen molar-refractivity contribution < 1.29 is 4.39 Å². The van der Waals surface area contributed by atoms with Gasteiger partial charge in [-0.1, -0.05) is 30.3 Å². The van der Waals surface area contributed by atoms with E-state index >= 15 is 4.39 Å². The van der Waals surface area contributed by atoms with Gasteiger partial charge in [0.1, 0.15) is 5.67 Å². The smallest absolute Gasteiger partial charge is 0.139 e. The summed E-state index contributed by atoms with van der Waals surface area (Å²) >= 11 is 0. The van der Waals surface area contributed by atoms with Gasteiger partial charge < -0.3 is 10.6 Å². The zero-order chi connectivity index (χ0) is 14.0. The van der Waals surface area contributed by atoms with Gasteiger partial charge in [0.15, 0.2) is 0 Å². The van der Waals surface area contributed by atoms with Crippen LogP contribution in [0.1, 0.15) is 18.4 Å². The topological polar surface area (TPSA) is 29.3 Å². The lowest BCUT2D eigenvalue weighted by molar-refractivity contribution is 0.125. The minimum atomic E-state index is -1.19. The molecule has 2 N–H and O–H groups in total. The standard InChI is InChI=1S/C17H19FN2/c18-17(14-4-2-1-3-5-14)10-12-20(13-11-17)16-8-6-15(19)7-9-16/h1-9H,10-13,19H2. The molecule has 0 unspecified atom stereocenters. The molecular formula is C17H19FN2. The van der Waals surface area contributed by atoms with Crippen molar-refractivity contribution in [1.29, 1.82) is 0 Å². The molecule has 1 aliphatic rings. The predicted molar refractivity (Wildman–Crippen MR) is 81.5 cm³/mol. The highest BCUT2D eigenvalue weighted by Gasteiger charge is 2.36. The molecule has 0 bridgehead atoms. The molecule has 0 amide bonds. The third-order valence-electron chi connectivity index (χ3n) is 4.11. The Morgan fingerprint density at radius 3 is 2.10 bits per heavy atom. The van der Waals surface area contributed by atoms with Crippen molar-refractivity contribution >= 4 is 11.4 Å². The first kappa shape index (κ1) is 13.0. The highest BCUT2D eigenvalue weighted by Crippen LogP contribution is 2.38. The second kappa shape index (κ2) is 5.16. The van der Waals surface area contributed by atoms with Crippen LogP contribution in [0, 0.1) is 0 Å². The molecule has 0 radical (unpaired) electrons. The van der Waals surface area contributed by atoms with Crippen molar-refractivity contribution in [2.75, 3.05) is 23.7 Å². The molecule has 104 valence electrons. The second-order valence-corrected chi connectivity index (χ2v) is 5.41. The Morgan fingerprint density at radius 2 is 1.50 bits per heavy atom. The number of piperidine rings is 1. The van der Waals surface area contributed by atoms with E-state index in [1.807, 2.05) is 54.6 Å². The zero-order valence-electron chi connectivity index (χ0n) is 11.4. The molecule has 2 nitrogen and oxygen atoms in total. The summed E-state index contributed by atoms with van der Waals surface area (Å²) in [6.07, 6.45) is 1.06. The van der Waals surface area contributed by atoms with E-state index < -0.39 is 5.67 Å². The first-order valence-corrected chi connectivity index (χ1v) is 7.02. The first-order chi connectivity index (χ1) is 9.67. The van der Waals surface area contributed by atoms with E-state index in [1.165, 1.54) is 0 Å². The van der Waals surface area contributed by atoms with Crippen LogP contribution in [-0.4, -0.2) is 13.1 Å². The number of nitrogens with zero attached hydrogens (tertiary/aromatic N) is 1. The molecule has 3 rings (SSSR count). The van der Waals surface area contributed by atoms with Crippen LogP contribution in [0.15, 0.2) is 54.6 Å². The maximum Gasteiger partial charge on any atom is 0.139 e. The molecule has 0 atom stereocenters. The highest BCUT2D eigenvalue weighted by atomic mass is 19.1. The quantitative estimate of drug-likeness (QED) is 0.842. The number of hydrogen-bond acceptors (Lipinski definition) is 2. The van der Waals surface area contributed by atoms with Gasteiger partial charge in [-0.3, -0.25) is 0 Å². The fourth-order valence-corrected chi connectivity index (χ4v) is 2.83. The molecule has 0 saturated carbocycles. The van der Waals surface area contributed by atoms with Gasteiger partial charge in [0.2, 0.25) is 0 Å². The summed E-state index contributed by atoms with van der Waals surface area (Å²) in [7, 11) is 0. The van der Waals surface area contributed by atoms with Gasteiger partial charge in [-0.25, -0.2) is 4.39 Å². The Balaban J connectivity index is 1.72. The summed E-state index contributed by atoms with van der Waals surface area (Å²) in [4.78, 5) is 2.22. The van der Waals surface area contributed by atoms with Crippen LogP contribution in [0.2, 0.25) is 0 Å². The van der Waals surface area contributed by atoms with Crippen LogP contribution in [0.4, 0.5) is 15.8 Å². The van der Waals surface area contributed by atoms with Crippen LogP contribution >= 0.6 is 0 Å². The minimum absolute atomic E-state index is 0.529. The lowest BCUT2D eigenvalue weighted by Gasteiger charge is -2.38. The van der Waals surface area contributed by atoms with Gasteiger partial charge in [-0.2, -0.15) is 0 Å². The zero-order valence-corrected chi connectivity index (χ0v) is 11.4. The fraction of sp³-hybridized carbons (Fsp3) is 0.294. The van der Waals surface area contributed by atoms with Crippen LogP contribution < -0.4 is 10.6 Å². The van der Waals surface area contributed by atoms with Gasteiger partial charge in [0, 0.05) is 37.3 Å². The Bertz CT molecular complexity index is 557. The number of nitrogen functional groups attached to an aromatic ring is 1. The summed E-state index contributed by atoms with van der Waals surface area (Å²) < 4.78 is 15.0. The number of halogens is 1. The molecule has 0 spiro atoms. The summed E-state index contributed by atoms with van der Waals surface area (Å²) in [6, 6.07) is 17.3. The number of rotatable bonds is 2. The SMILES string of the molecule is Nc1ccc(N2CCC(F)(c3ccccc3)CC2)cc1. The summed E-state index contributed by atoms with van der Waals surface area (Å²) in [5.74, 6) is 0. The van der Waals surface area contributed by atoms with E-state index in [1.54, 1.807) is 0 Å². The largest absolute Gasteiger partial charge is 0.399 e. The van der Waals surface area contributed by atoms with Crippen molar-refractivity contribution in [3.63, 3.8) is 0 Å². The van der Waals surface area contributed by atoms with Gasteiger partial charge >= 0.3 is 0 Å². The van der Waals surface area contributed by atoms with E-state index in [4.69, 9.17) is 5.73 Å². The number of hydrogen-bond donors (Lipinski definition) is 1. The monoisotopic (exact) mass is 270 g/mol. The van der Waals surface area contributed by atoms with Crippen LogP contribution in [0.25, 0.3) is 0 Å². The number of benzene rings is 2. The Labute approximate surface area is 119 Å². The summed E-state index contributed by atoms with van der Waals surface area (Å²) in [6.45, 7) is 1.46. The van der Waals surface area contributed by atoms with Gasteiger partial charge in [0.05, 0.1) is 0 Å². The average Bonchev–Trinajstić information content (AvgIpc) is 2.50. The molecule has 1 aliphatic heterocycles. The molecule has 20 heavy (non-hydrogen) atoms. The van der Waals surface area contributed by atoms with Crippen molar-refractivity contribution in [1.82, 2.24) is 0 Å². The molecule has 0 aromatic heterocycles. The highest BCUT2D eigenvalue weighted by molar-refractivity contribution is 5.53. The number of alkyl halides is 1. The molecule has 2 aromatic rings. The third kappa shape index (κ3) is 2.48. The van der Waals surface area contributed by atoms with Crippen LogP contribution in [-0.2, 0) is 5.67 Å². The fourth-order valence-electron chi connectivity index (χ4n) is 2.83. The van der Waals surface area contributed by atoms with E-state index in [-0.39, 0.29) is 0 Å². The second-order valence-electron chi connectivity index (χ2n) is 5.41. The maximum atomic E-state index is 15.0. The van der Waals surface area contributed by atoms with E-state index in [0.29, 0.717) is 12.8 Å². The molecular weight excluding hydrogens is 251 g/mol. The lowest BCUT2D eigenvalue weighted by atomic mass is 9.86.